The normalized spacial score (nSPS) is 11.5. The van der Waals surface area contributed by atoms with Crippen LogP contribution in [0.25, 0.3) is 11.1 Å². The van der Waals surface area contributed by atoms with Gasteiger partial charge < -0.3 is 14.8 Å². The summed E-state index contributed by atoms with van der Waals surface area (Å²) in [6, 6.07) is 35.0. The van der Waals surface area contributed by atoms with Crippen molar-refractivity contribution < 1.29 is 9.47 Å². The van der Waals surface area contributed by atoms with Gasteiger partial charge in [-0.05, 0) is 30.2 Å². The Balaban J connectivity index is 1.69. The quantitative estimate of drug-likeness (QED) is 0.336. The maximum absolute atomic E-state index is 6.41. The van der Waals surface area contributed by atoms with Gasteiger partial charge in [0.2, 0.25) is 0 Å². The molecular formula is C28H27NO2. The molecule has 156 valence electrons. The van der Waals surface area contributed by atoms with Crippen molar-refractivity contribution in [3.05, 3.63) is 114 Å². The Labute approximate surface area is 184 Å². The van der Waals surface area contributed by atoms with E-state index in [1.54, 1.807) is 7.11 Å². The molecular weight excluding hydrogens is 382 g/mol. The lowest BCUT2D eigenvalue weighted by Crippen LogP contribution is -2.10. The van der Waals surface area contributed by atoms with Crippen LogP contribution in [0, 0.1) is 0 Å². The van der Waals surface area contributed by atoms with Gasteiger partial charge in [-0.2, -0.15) is 0 Å². The molecule has 0 saturated heterocycles. The molecule has 4 aromatic carbocycles. The molecule has 0 aliphatic carbocycles. The Morgan fingerprint density at radius 2 is 1.42 bits per heavy atom. The van der Waals surface area contributed by atoms with Crippen LogP contribution in [-0.2, 0) is 6.61 Å². The summed E-state index contributed by atoms with van der Waals surface area (Å²) in [4.78, 5) is 0. The number of ether oxygens (including phenoxy) is 2. The lowest BCUT2D eigenvalue weighted by Gasteiger charge is -2.22. The van der Waals surface area contributed by atoms with Crippen LogP contribution in [0.4, 0.5) is 5.69 Å². The summed E-state index contributed by atoms with van der Waals surface area (Å²) in [5.41, 5.74) is 5.38. The van der Waals surface area contributed by atoms with Crippen LogP contribution in [0.2, 0.25) is 0 Å². The summed E-state index contributed by atoms with van der Waals surface area (Å²) >= 11 is 0. The van der Waals surface area contributed by atoms with Crippen molar-refractivity contribution in [2.24, 2.45) is 0 Å². The lowest BCUT2D eigenvalue weighted by molar-refractivity contribution is 0.308. The van der Waals surface area contributed by atoms with Crippen molar-refractivity contribution in [3.8, 4) is 22.6 Å². The van der Waals surface area contributed by atoms with Gasteiger partial charge in [-0.25, -0.2) is 0 Å². The summed E-state index contributed by atoms with van der Waals surface area (Å²) in [7, 11) is 1.70. The van der Waals surface area contributed by atoms with Crippen molar-refractivity contribution in [1.82, 2.24) is 0 Å². The fourth-order valence-corrected chi connectivity index (χ4v) is 3.72. The van der Waals surface area contributed by atoms with Crippen molar-refractivity contribution in [2.75, 3.05) is 12.4 Å². The first-order valence-electron chi connectivity index (χ1n) is 10.5. The molecule has 31 heavy (non-hydrogen) atoms. The standard InChI is InChI=1S/C28H27NO2/c1-21(24-16-9-10-19-27(24)30-2)29-26-18-11-17-25(23-14-7-4-8-15-23)28(26)31-20-22-12-5-3-6-13-22/h3-19,21,29H,20H2,1-2H3. The molecule has 4 rings (SSSR count). The zero-order valence-corrected chi connectivity index (χ0v) is 17.9. The smallest absolute Gasteiger partial charge is 0.150 e. The second-order valence-electron chi connectivity index (χ2n) is 7.43. The molecule has 0 amide bonds. The van der Waals surface area contributed by atoms with Gasteiger partial charge in [-0.3, -0.25) is 0 Å². The van der Waals surface area contributed by atoms with Gasteiger partial charge in [0.25, 0.3) is 0 Å². The largest absolute Gasteiger partial charge is 0.496 e. The van der Waals surface area contributed by atoms with Gasteiger partial charge in [0.05, 0.1) is 18.8 Å². The second-order valence-corrected chi connectivity index (χ2v) is 7.43. The number of methoxy groups -OCH3 is 1. The van der Waals surface area contributed by atoms with Gasteiger partial charge in [-0.1, -0.05) is 91.0 Å². The van der Waals surface area contributed by atoms with Gasteiger partial charge in [-0.15, -0.1) is 0 Å². The van der Waals surface area contributed by atoms with Crippen LogP contribution >= 0.6 is 0 Å². The number of hydrogen-bond acceptors (Lipinski definition) is 3. The van der Waals surface area contributed by atoms with Crippen molar-refractivity contribution in [1.29, 1.82) is 0 Å². The second kappa shape index (κ2) is 9.86. The van der Waals surface area contributed by atoms with E-state index >= 15 is 0 Å². The predicted molar refractivity (Wildman–Crippen MR) is 128 cm³/mol. The number of nitrogens with one attached hydrogen (secondary N) is 1. The minimum atomic E-state index is 0.0428. The fourth-order valence-electron chi connectivity index (χ4n) is 3.72. The van der Waals surface area contributed by atoms with Gasteiger partial charge in [0.15, 0.2) is 5.75 Å². The minimum absolute atomic E-state index is 0.0428. The third kappa shape index (κ3) is 4.89. The van der Waals surface area contributed by atoms with E-state index in [0.717, 1.165) is 39.4 Å². The van der Waals surface area contributed by atoms with E-state index in [1.165, 1.54) is 0 Å². The summed E-state index contributed by atoms with van der Waals surface area (Å²) < 4.78 is 12.0. The monoisotopic (exact) mass is 409 g/mol. The molecule has 4 aromatic rings. The highest BCUT2D eigenvalue weighted by atomic mass is 16.5. The summed E-state index contributed by atoms with van der Waals surface area (Å²) in [6.07, 6.45) is 0. The molecule has 0 heterocycles. The molecule has 3 heteroatoms. The highest BCUT2D eigenvalue weighted by Gasteiger charge is 2.16. The Morgan fingerprint density at radius 1 is 0.742 bits per heavy atom. The molecule has 3 nitrogen and oxygen atoms in total. The SMILES string of the molecule is COc1ccccc1C(C)Nc1cccc(-c2ccccc2)c1OCc1ccccc1. The molecule has 0 fully saturated rings. The average Bonchev–Trinajstić information content (AvgIpc) is 2.84. The Kier molecular flexibility index (Phi) is 6.53. The first kappa shape index (κ1) is 20.5. The van der Waals surface area contributed by atoms with Gasteiger partial charge in [0, 0.05) is 11.1 Å². The highest BCUT2D eigenvalue weighted by Crippen LogP contribution is 2.39. The summed E-state index contributed by atoms with van der Waals surface area (Å²) in [6.45, 7) is 2.64. The summed E-state index contributed by atoms with van der Waals surface area (Å²) in [5.74, 6) is 1.72. The molecule has 1 unspecified atom stereocenters. The van der Waals surface area contributed by atoms with E-state index in [4.69, 9.17) is 9.47 Å². The maximum Gasteiger partial charge on any atom is 0.150 e. The maximum atomic E-state index is 6.41. The first-order chi connectivity index (χ1) is 15.3. The minimum Gasteiger partial charge on any atom is -0.496 e. The molecule has 0 aliphatic heterocycles. The number of para-hydroxylation sites is 2. The van der Waals surface area contributed by atoms with Gasteiger partial charge in [0.1, 0.15) is 12.4 Å². The highest BCUT2D eigenvalue weighted by molar-refractivity contribution is 5.78. The molecule has 0 radical (unpaired) electrons. The molecule has 0 aromatic heterocycles. The van der Waals surface area contributed by atoms with Gasteiger partial charge >= 0.3 is 0 Å². The Bertz CT molecular complexity index is 1110. The van der Waals surface area contributed by atoms with E-state index in [-0.39, 0.29) is 6.04 Å². The Hall–Kier alpha value is -3.72. The van der Waals surface area contributed by atoms with E-state index in [0.29, 0.717) is 6.61 Å². The molecule has 0 spiro atoms. The first-order valence-corrected chi connectivity index (χ1v) is 10.5. The van der Waals surface area contributed by atoms with Crippen LogP contribution in [0.3, 0.4) is 0 Å². The molecule has 0 aliphatic rings. The van der Waals surface area contributed by atoms with Crippen LogP contribution < -0.4 is 14.8 Å². The number of rotatable bonds is 8. The van der Waals surface area contributed by atoms with Crippen molar-refractivity contribution >= 4 is 5.69 Å². The molecule has 0 saturated carbocycles. The van der Waals surface area contributed by atoms with E-state index in [1.807, 2.05) is 54.6 Å². The van der Waals surface area contributed by atoms with E-state index < -0.39 is 0 Å². The fraction of sp³-hybridized carbons (Fsp3) is 0.143. The van der Waals surface area contributed by atoms with Crippen LogP contribution in [0.15, 0.2) is 103 Å². The van der Waals surface area contributed by atoms with Crippen LogP contribution in [-0.4, -0.2) is 7.11 Å². The molecule has 0 bridgehead atoms. The number of anilines is 1. The predicted octanol–water partition coefficient (Wildman–Crippen LogP) is 7.11. The zero-order chi connectivity index (χ0) is 21.5. The third-order valence-corrected chi connectivity index (χ3v) is 5.30. The zero-order valence-electron chi connectivity index (χ0n) is 17.9. The molecule has 1 N–H and O–H groups in total. The van der Waals surface area contributed by atoms with Crippen molar-refractivity contribution in [3.63, 3.8) is 0 Å². The molecule has 1 atom stereocenters. The van der Waals surface area contributed by atoms with Crippen LogP contribution in [0.1, 0.15) is 24.1 Å². The van der Waals surface area contributed by atoms with Crippen LogP contribution in [0.5, 0.6) is 11.5 Å². The number of hydrogen-bond donors (Lipinski definition) is 1. The number of benzene rings is 4. The van der Waals surface area contributed by atoms with E-state index in [9.17, 15) is 0 Å². The lowest BCUT2D eigenvalue weighted by atomic mass is 10.0. The van der Waals surface area contributed by atoms with E-state index in [2.05, 4.69) is 60.8 Å². The third-order valence-electron chi connectivity index (χ3n) is 5.30. The Morgan fingerprint density at radius 3 is 2.16 bits per heavy atom. The van der Waals surface area contributed by atoms with Crippen molar-refractivity contribution in [2.45, 2.75) is 19.6 Å². The topological polar surface area (TPSA) is 30.5 Å². The summed E-state index contributed by atoms with van der Waals surface area (Å²) in [5, 5.41) is 3.64. The average molecular weight is 410 g/mol.